The Labute approximate surface area is 113 Å². The van der Waals surface area contributed by atoms with Gasteiger partial charge in [0.2, 0.25) is 0 Å². The smallest absolute Gasteiger partial charge is 0.316 e. The number of methoxy groups -OCH3 is 1. The Hall–Kier alpha value is -1.23. The van der Waals surface area contributed by atoms with Gasteiger partial charge < -0.3 is 4.74 Å². The summed E-state index contributed by atoms with van der Waals surface area (Å²) in [6.45, 7) is 3.49. The van der Waals surface area contributed by atoms with Gasteiger partial charge in [0.25, 0.3) is 0 Å². The fourth-order valence-corrected chi connectivity index (χ4v) is 2.10. The van der Waals surface area contributed by atoms with Gasteiger partial charge in [0.05, 0.1) is 7.11 Å². The third kappa shape index (κ3) is 3.16. The fraction of sp³-hybridized carbons (Fsp3) is 0.385. The van der Waals surface area contributed by atoms with E-state index in [4.69, 9.17) is 0 Å². The molecule has 5 heteroatoms. The van der Waals surface area contributed by atoms with Crippen molar-refractivity contribution >= 4 is 27.7 Å². The highest BCUT2D eigenvalue weighted by molar-refractivity contribution is 9.10. The van der Waals surface area contributed by atoms with Gasteiger partial charge in [-0.2, -0.15) is 0 Å². The highest BCUT2D eigenvalue weighted by atomic mass is 79.9. The van der Waals surface area contributed by atoms with E-state index in [9.17, 15) is 14.0 Å². The second-order valence-corrected chi connectivity index (χ2v) is 5.09. The minimum atomic E-state index is -0.923. The molecule has 18 heavy (non-hydrogen) atoms. The Balaban J connectivity index is 3.17. The zero-order chi connectivity index (χ0) is 13.9. The molecule has 0 aromatic heterocycles. The molecule has 0 aliphatic heterocycles. The second-order valence-electron chi connectivity index (χ2n) is 4.23. The van der Waals surface area contributed by atoms with Gasteiger partial charge in [-0.25, -0.2) is 4.39 Å². The monoisotopic (exact) mass is 316 g/mol. The Bertz CT molecular complexity index is 471. The Morgan fingerprint density at radius 3 is 2.44 bits per heavy atom. The molecule has 3 nitrogen and oxygen atoms in total. The number of rotatable bonds is 4. The summed E-state index contributed by atoms with van der Waals surface area (Å²) in [5, 5.41) is 0. The number of carbonyl (C=O) groups is 2. The van der Waals surface area contributed by atoms with Crippen LogP contribution < -0.4 is 0 Å². The number of halogens is 2. The van der Waals surface area contributed by atoms with Gasteiger partial charge in [0.15, 0.2) is 5.78 Å². The Morgan fingerprint density at radius 2 is 1.94 bits per heavy atom. The van der Waals surface area contributed by atoms with Gasteiger partial charge in [-0.1, -0.05) is 29.8 Å². The fourth-order valence-electron chi connectivity index (χ4n) is 1.66. The standard InChI is InChI=1S/C13H14BrFO3/c1-7(2)11(13(17)18-3)12(16)9-6-8(15)4-5-10(9)14/h4-7,11H,1-3H3. The summed E-state index contributed by atoms with van der Waals surface area (Å²) in [5.41, 5.74) is 0.152. The number of benzene rings is 1. The van der Waals surface area contributed by atoms with E-state index in [-0.39, 0.29) is 11.5 Å². The lowest BCUT2D eigenvalue weighted by Gasteiger charge is -2.17. The molecule has 1 atom stereocenters. The molecule has 0 radical (unpaired) electrons. The molecular weight excluding hydrogens is 303 g/mol. The lowest BCUT2D eigenvalue weighted by Crippen LogP contribution is -2.30. The normalized spacial score (nSPS) is 12.3. The average Bonchev–Trinajstić information content (AvgIpc) is 2.31. The molecule has 1 aromatic carbocycles. The van der Waals surface area contributed by atoms with Crippen LogP contribution in [0.3, 0.4) is 0 Å². The van der Waals surface area contributed by atoms with E-state index in [0.29, 0.717) is 4.47 Å². The lowest BCUT2D eigenvalue weighted by molar-refractivity contribution is -0.144. The van der Waals surface area contributed by atoms with Crippen LogP contribution in [-0.4, -0.2) is 18.9 Å². The third-order valence-electron chi connectivity index (χ3n) is 2.60. The first-order chi connectivity index (χ1) is 8.38. The van der Waals surface area contributed by atoms with Crippen LogP contribution in [0.5, 0.6) is 0 Å². The van der Waals surface area contributed by atoms with Crippen molar-refractivity contribution in [3.63, 3.8) is 0 Å². The van der Waals surface area contributed by atoms with E-state index in [0.717, 1.165) is 6.07 Å². The van der Waals surface area contributed by atoms with E-state index in [1.807, 2.05) is 0 Å². The molecule has 0 saturated carbocycles. The maximum absolute atomic E-state index is 13.2. The molecule has 0 heterocycles. The van der Waals surface area contributed by atoms with Gasteiger partial charge in [0.1, 0.15) is 11.7 Å². The van der Waals surface area contributed by atoms with E-state index in [1.54, 1.807) is 13.8 Å². The molecular formula is C13H14BrFO3. The largest absolute Gasteiger partial charge is 0.468 e. The summed E-state index contributed by atoms with van der Waals surface area (Å²) in [4.78, 5) is 23.9. The summed E-state index contributed by atoms with van der Waals surface area (Å²) in [7, 11) is 1.23. The number of esters is 1. The van der Waals surface area contributed by atoms with E-state index in [2.05, 4.69) is 20.7 Å². The van der Waals surface area contributed by atoms with Crippen molar-refractivity contribution in [1.29, 1.82) is 0 Å². The summed E-state index contributed by atoms with van der Waals surface area (Å²) in [6.07, 6.45) is 0. The molecule has 0 fully saturated rings. The molecule has 0 spiro atoms. The molecule has 1 unspecified atom stereocenters. The zero-order valence-electron chi connectivity index (χ0n) is 10.4. The Morgan fingerprint density at radius 1 is 1.33 bits per heavy atom. The van der Waals surface area contributed by atoms with Gasteiger partial charge in [-0.3, -0.25) is 9.59 Å². The maximum Gasteiger partial charge on any atom is 0.316 e. The quantitative estimate of drug-likeness (QED) is 0.486. The van der Waals surface area contributed by atoms with E-state index < -0.39 is 23.5 Å². The topological polar surface area (TPSA) is 43.4 Å². The predicted octanol–water partition coefficient (Wildman–Crippen LogP) is 3.22. The average molecular weight is 317 g/mol. The first-order valence-corrected chi connectivity index (χ1v) is 6.25. The number of hydrogen-bond donors (Lipinski definition) is 0. The van der Waals surface area contributed by atoms with Crippen molar-refractivity contribution in [3.8, 4) is 0 Å². The van der Waals surface area contributed by atoms with Gasteiger partial charge in [0, 0.05) is 10.0 Å². The first-order valence-electron chi connectivity index (χ1n) is 5.45. The van der Waals surface area contributed by atoms with E-state index >= 15 is 0 Å². The number of Topliss-reactive ketones (excluding diaryl/α,β-unsaturated/α-hetero) is 1. The van der Waals surface area contributed by atoms with Crippen LogP contribution in [0.15, 0.2) is 22.7 Å². The zero-order valence-corrected chi connectivity index (χ0v) is 12.0. The van der Waals surface area contributed by atoms with Crippen LogP contribution in [0.1, 0.15) is 24.2 Å². The highest BCUT2D eigenvalue weighted by Crippen LogP contribution is 2.25. The van der Waals surface area contributed by atoms with Crippen molar-refractivity contribution in [3.05, 3.63) is 34.1 Å². The number of hydrogen-bond acceptors (Lipinski definition) is 3. The molecule has 0 aliphatic rings. The molecule has 1 aromatic rings. The second kappa shape index (κ2) is 6.09. The molecule has 0 amide bonds. The number of carbonyl (C=O) groups excluding carboxylic acids is 2. The summed E-state index contributed by atoms with van der Waals surface area (Å²) >= 11 is 3.18. The van der Waals surface area contributed by atoms with Crippen LogP contribution in [0.4, 0.5) is 4.39 Å². The van der Waals surface area contributed by atoms with Gasteiger partial charge >= 0.3 is 5.97 Å². The minimum Gasteiger partial charge on any atom is -0.468 e. The summed E-state index contributed by atoms with van der Waals surface area (Å²) in [5.74, 6) is -2.71. The van der Waals surface area contributed by atoms with Crippen molar-refractivity contribution < 1.29 is 18.7 Å². The third-order valence-corrected chi connectivity index (χ3v) is 3.29. The minimum absolute atomic E-state index is 0.152. The Kier molecular flexibility index (Phi) is 5.02. The predicted molar refractivity (Wildman–Crippen MR) is 68.8 cm³/mol. The molecule has 0 N–H and O–H groups in total. The lowest BCUT2D eigenvalue weighted by atomic mass is 9.88. The van der Waals surface area contributed by atoms with Gasteiger partial charge in [-0.15, -0.1) is 0 Å². The molecule has 0 aliphatic carbocycles. The molecule has 98 valence electrons. The van der Waals surface area contributed by atoms with Crippen LogP contribution >= 0.6 is 15.9 Å². The van der Waals surface area contributed by atoms with Gasteiger partial charge in [-0.05, 0) is 24.1 Å². The number of ether oxygens (including phenoxy) is 1. The number of ketones is 1. The maximum atomic E-state index is 13.2. The molecule has 0 bridgehead atoms. The molecule has 0 saturated heterocycles. The SMILES string of the molecule is COC(=O)C(C(=O)c1cc(F)ccc1Br)C(C)C. The van der Waals surface area contributed by atoms with Crippen LogP contribution in [0.2, 0.25) is 0 Å². The summed E-state index contributed by atoms with van der Waals surface area (Å²) < 4.78 is 18.2. The van der Waals surface area contributed by atoms with Crippen LogP contribution in [0.25, 0.3) is 0 Å². The first kappa shape index (κ1) is 14.8. The molecule has 1 rings (SSSR count). The van der Waals surface area contributed by atoms with Crippen molar-refractivity contribution in [2.24, 2.45) is 11.8 Å². The van der Waals surface area contributed by atoms with Crippen LogP contribution in [-0.2, 0) is 9.53 Å². The van der Waals surface area contributed by atoms with Crippen molar-refractivity contribution in [2.75, 3.05) is 7.11 Å². The summed E-state index contributed by atoms with van der Waals surface area (Å²) in [6, 6.07) is 3.80. The van der Waals surface area contributed by atoms with E-state index in [1.165, 1.54) is 19.2 Å². The van der Waals surface area contributed by atoms with Crippen molar-refractivity contribution in [1.82, 2.24) is 0 Å². The highest BCUT2D eigenvalue weighted by Gasteiger charge is 2.32. The van der Waals surface area contributed by atoms with Crippen LogP contribution in [0, 0.1) is 17.7 Å². The van der Waals surface area contributed by atoms with Crippen molar-refractivity contribution in [2.45, 2.75) is 13.8 Å².